The molecule has 0 radical (unpaired) electrons. The smallest absolute Gasteiger partial charge is 0.245 e. The van der Waals surface area contributed by atoms with Gasteiger partial charge in [-0.05, 0) is 24.3 Å². The molecule has 176 valence electrons. The van der Waals surface area contributed by atoms with E-state index in [1.165, 1.54) is 64.7 Å². The summed E-state index contributed by atoms with van der Waals surface area (Å²) in [6, 6.07) is 8.08. The number of sulfonamides is 2. The number of amides is 1. The van der Waals surface area contributed by atoms with E-state index in [4.69, 9.17) is 21.1 Å². The van der Waals surface area contributed by atoms with Crippen LogP contribution in [-0.4, -0.2) is 68.2 Å². The van der Waals surface area contributed by atoms with E-state index in [-0.39, 0.29) is 27.0 Å². The quantitative estimate of drug-likeness (QED) is 0.553. The van der Waals surface area contributed by atoms with E-state index < -0.39 is 32.5 Å². The van der Waals surface area contributed by atoms with Crippen molar-refractivity contribution < 1.29 is 31.1 Å². The molecule has 2 rings (SSSR count). The normalized spacial score (nSPS) is 11.8. The van der Waals surface area contributed by atoms with Gasteiger partial charge in [0.1, 0.15) is 18.0 Å². The summed E-state index contributed by atoms with van der Waals surface area (Å²) < 4.78 is 61.3. The number of carbonyl (C=O) groups is 1. The van der Waals surface area contributed by atoms with Gasteiger partial charge in [0.2, 0.25) is 26.0 Å². The van der Waals surface area contributed by atoms with Gasteiger partial charge in [0.05, 0.1) is 41.8 Å². The second kappa shape index (κ2) is 9.94. The molecular formula is C19H24ClN3O7S2. The highest BCUT2D eigenvalue weighted by Gasteiger charge is 2.23. The van der Waals surface area contributed by atoms with Gasteiger partial charge in [-0.25, -0.2) is 21.1 Å². The van der Waals surface area contributed by atoms with Gasteiger partial charge in [-0.3, -0.25) is 9.10 Å². The fourth-order valence-corrected chi connectivity index (χ4v) is 4.66. The maximum atomic E-state index is 12.7. The number of ether oxygens (including phenoxy) is 2. The lowest BCUT2D eigenvalue weighted by atomic mass is 10.2. The van der Waals surface area contributed by atoms with Crippen molar-refractivity contribution >= 4 is 48.9 Å². The van der Waals surface area contributed by atoms with Gasteiger partial charge in [-0.1, -0.05) is 11.6 Å². The monoisotopic (exact) mass is 505 g/mol. The topological polar surface area (TPSA) is 122 Å². The predicted molar refractivity (Wildman–Crippen MR) is 123 cm³/mol. The Morgan fingerprint density at radius 3 is 2.03 bits per heavy atom. The van der Waals surface area contributed by atoms with Crippen LogP contribution in [0.2, 0.25) is 5.02 Å². The van der Waals surface area contributed by atoms with Crippen molar-refractivity contribution in [2.24, 2.45) is 0 Å². The first-order chi connectivity index (χ1) is 14.8. The van der Waals surface area contributed by atoms with Crippen LogP contribution in [0.3, 0.4) is 0 Å². The van der Waals surface area contributed by atoms with E-state index >= 15 is 0 Å². The summed E-state index contributed by atoms with van der Waals surface area (Å²) in [5.74, 6) is -0.114. The Hall–Kier alpha value is -2.54. The molecular weight excluding hydrogens is 482 g/mol. The van der Waals surface area contributed by atoms with Crippen LogP contribution in [0.5, 0.6) is 11.5 Å². The SMILES string of the molecule is COc1cc(NC(=O)CN(c2ccc(S(=O)(=O)N(C)C)cc2)S(C)(=O)=O)c(OC)cc1Cl. The highest BCUT2D eigenvalue weighted by molar-refractivity contribution is 7.92. The summed E-state index contributed by atoms with van der Waals surface area (Å²) in [5, 5.41) is 2.85. The van der Waals surface area contributed by atoms with Gasteiger partial charge in [0.15, 0.2) is 0 Å². The molecule has 0 aliphatic heterocycles. The van der Waals surface area contributed by atoms with Crippen molar-refractivity contribution in [2.45, 2.75) is 4.90 Å². The molecule has 13 heteroatoms. The lowest BCUT2D eigenvalue weighted by Crippen LogP contribution is -2.37. The van der Waals surface area contributed by atoms with Gasteiger partial charge >= 0.3 is 0 Å². The number of hydrogen-bond donors (Lipinski definition) is 1. The van der Waals surface area contributed by atoms with Gasteiger partial charge in [-0.2, -0.15) is 0 Å². The first-order valence-corrected chi connectivity index (χ1v) is 12.7. The van der Waals surface area contributed by atoms with Crippen LogP contribution in [0, 0.1) is 0 Å². The molecule has 0 bridgehead atoms. The first kappa shape index (κ1) is 25.7. The average Bonchev–Trinajstić information content (AvgIpc) is 2.72. The zero-order chi connectivity index (χ0) is 24.3. The highest BCUT2D eigenvalue weighted by Crippen LogP contribution is 2.36. The third kappa shape index (κ3) is 5.82. The second-order valence-corrected chi connectivity index (χ2v) is 11.3. The van der Waals surface area contributed by atoms with Gasteiger partial charge in [0.25, 0.3) is 0 Å². The molecule has 2 aromatic rings. The molecule has 0 unspecified atom stereocenters. The van der Waals surface area contributed by atoms with Gasteiger partial charge in [-0.15, -0.1) is 0 Å². The number of anilines is 2. The minimum Gasteiger partial charge on any atom is -0.495 e. The van der Waals surface area contributed by atoms with Crippen LogP contribution >= 0.6 is 11.6 Å². The van der Waals surface area contributed by atoms with Gasteiger partial charge < -0.3 is 14.8 Å². The standard InChI is InChI=1S/C19H24ClN3O7S2/c1-22(2)32(27,28)14-8-6-13(7-9-14)23(31(5,25)26)12-19(24)21-16-11-17(29-3)15(20)10-18(16)30-4/h6-11H,12H2,1-5H3,(H,21,24). The van der Waals surface area contributed by atoms with Crippen molar-refractivity contribution in [1.29, 1.82) is 0 Å². The van der Waals surface area contributed by atoms with Crippen LogP contribution in [0.1, 0.15) is 0 Å². The molecule has 1 N–H and O–H groups in total. The van der Waals surface area contributed by atoms with E-state index in [0.29, 0.717) is 5.75 Å². The number of rotatable bonds is 9. The van der Waals surface area contributed by atoms with E-state index in [2.05, 4.69) is 5.32 Å². The third-order valence-electron chi connectivity index (χ3n) is 4.34. The lowest BCUT2D eigenvalue weighted by molar-refractivity contribution is -0.114. The lowest BCUT2D eigenvalue weighted by Gasteiger charge is -2.23. The molecule has 0 spiro atoms. The van der Waals surface area contributed by atoms with Gasteiger partial charge in [0, 0.05) is 26.2 Å². The third-order valence-corrected chi connectivity index (χ3v) is 7.60. The highest BCUT2D eigenvalue weighted by atomic mass is 35.5. The molecule has 0 saturated heterocycles. The van der Waals surface area contributed by atoms with Crippen LogP contribution < -0.4 is 19.1 Å². The number of carbonyl (C=O) groups excluding carboxylic acids is 1. The van der Waals surface area contributed by atoms with Crippen molar-refractivity contribution in [3.05, 3.63) is 41.4 Å². The Morgan fingerprint density at radius 1 is 1.00 bits per heavy atom. The van der Waals surface area contributed by atoms with Crippen LogP contribution in [0.25, 0.3) is 0 Å². The minimum absolute atomic E-state index is 0.0119. The van der Waals surface area contributed by atoms with E-state index in [9.17, 15) is 21.6 Å². The molecule has 1 amide bonds. The number of halogens is 1. The summed E-state index contributed by atoms with van der Waals surface area (Å²) in [5.41, 5.74) is 0.362. The first-order valence-electron chi connectivity index (χ1n) is 9.03. The average molecular weight is 506 g/mol. The number of nitrogens with zero attached hydrogens (tertiary/aromatic N) is 2. The van der Waals surface area contributed by atoms with E-state index in [1.54, 1.807) is 0 Å². The summed E-state index contributed by atoms with van der Waals surface area (Å²) in [7, 11) is -1.99. The zero-order valence-corrected chi connectivity index (χ0v) is 20.5. The van der Waals surface area contributed by atoms with Crippen molar-refractivity contribution in [2.75, 3.05) is 50.7 Å². The zero-order valence-electron chi connectivity index (χ0n) is 18.1. The maximum Gasteiger partial charge on any atom is 0.245 e. The maximum absolute atomic E-state index is 12.7. The predicted octanol–water partition coefficient (Wildman–Crippen LogP) is 2.01. The molecule has 0 aliphatic carbocycles. The Morgan fingerprint density at radius 2 is 1.56 bits per heavy atom. The molecule has 32 heavy (non-hydrogen) atoms. The Bertz CT molecular complexity index is 1200. The summed E-state index contributed by atoms with van der Waals surface area (Å²) >= 11 is 6.05. The summed E-state index contributed by atoms with van der Waals surface area (Å²) in [4.78, 5) is 12.7. The Balaban J connectivity index is 2.32. The molecule has 2 aromatic carbocycles. The summed E-state index contributed by atoms with van der Waals surface area (Å²) in [6.07, 6.45) is 0.941. The number of benzene rings is 2. The fourth-order valence-electron chi connectivity index (χ4n) is 2.67. The van der Waals surface area contributed by atoms with Crippen LogP contribution in [-0.2, 0) is 24.8 Å². The molecule has 0 atom stereocenters. The summed E-state index contributed by atoms with van der Waals surface area (Å²) in [6.45, 7) is -0.563. The van der Waals surface area contributed by atoms with Crippen molar-refractivity contribution in [1.82, 2.24) is 4.31 Å². The minimum atomic E-state index is -3.87. The number of nitrogens with one attached hydrogen (secondary N) is 1. The molecule has 10 nitrogen and oxygen atoms in total. The van der Waals surface area contributed by atoms with E-state index in [1.807, 2.05) is 0 Å². The van der Waals surface area contributed by atoms with Crippen molar-refractivity contribution in [3.63, 3.8) is 0 Å². The number of methoxy groups -OCH3 is 2. The molecule has 0 fully saturated rings. The van der Waals surface area contributed by atoms with Crippen molar-refractivity contribution in [3.8, 4) is 11.5 Å². The van der Waals surface area contributed by atoms with Crippen LogP contribution in [0.15, 0.2) is 41.3 Å². The largest absolute Gasteiger partial charge is 0.495 e. The number of hydrogen-bond acceptors (Lipinski definition) is 7. The van der Waals surface area contributed by atoms with E-state index in [0.717, 1.165) is 14.9 Å². The molecule has 0 saturated carbocycles. The van der Waals surface area contributed by atoms with Crippen LogP contribution in [0.4, 0.5) is 11.4 Å². The fraction of sp³-hybridized carbons (Fsp3) is 0.316. The molecule has 0 heterocycles. The molecule has 0 aliphatic rings. The second-order valence-electron chi connectivity index (χ2n) is 6.79. The molecule has 0 aromatic heterocycles. The Kier molecular flexibility index (Phi) is 7.99. The Labute approximate surface area is 192 Å².